The number of nitrogens with one attached hydrogen (secondary N) is 3. The number of amides is 2. The maximum atomic E-state index is 14.4. The van der Waals surface area contributed by atoms with Gasteiger partial charge in [-0.2, -0.15) is 0 Å². The number of carbonyl (C=O) groups is 1. The number of urea groups is 1. The summed E-state index contributed by atoms with van der Waals surface area (Å²) in [7, 11) is -3.31. The summed E-state index contributed by atoms with van der Waals surface area (Å²) in [4.78, 5) is 19.1. The topological polar surface area (TPSA) is 98.2 Å². The summed E-state index contributed by atoms with van der Waals surface area (Å²) in [5.41, 5.74) is 3.02. The Morgan fingerprint density at radius 3 is 2.53 bits per heavy atom. The molecule has 0 fully saturated rings. The Bertz CT molecular complexity index is 1040. The molecule has 32 heavy (non-hydrogen) atoms. The molecule has 0 bridgehead atoms. The minimum atomic E-state index is -3.31. The van der Waals surface area contributed by atoms with Gasteiger partial charge in [0.25, 0.3) is 0 Å². The second-order valence-corrected chi connectivity index (χ2v) is 10.0. The molecule has 3 N–H and O–H groups in total. The highest BCUT2D eigenvalue weighted by Gasteiger charge is 2.19. The Kier molecular flexibility index (Phi) is 9.15. The van der Waals surface area contributed by atoms with E-state index in [0.29, 0.717) is 35.3 Å². The molecular formula is C23H34FN5O2S. The smallest absolute Gasteiger partial charge is 0.306 e. The monoisotopic (exact) mass is 463 g/mol. The van der Waals surface area contributed by atoms with E-state index in [-0.39, 0.29) is 11.7 Å². The predicted octanol–water partition coefficient (Wildman–Crippen LogP) is 5.13. The van der Waals surface area contributed by atoms with Crippen molar-refractivity contribution < 1.29 is 13.4 Å². The van der Waals surface area contributed by atoms with Gasteiger partial charge in [-0.25, -0.2) is 18.2 Å². The zero-order valence-electron chi connectivity index (χ0n) is 19.5. The minimum absolute atomic E-state index is 0.0633. The van der Waals surface area contributed by atoms with Gasteiger partial charge in [0.1, 0.15) is 15.7 Å². The first-order chi connectivity index (χ1) is 15.1. The third-order valence-corrected chi connectivity index (χ3v) is 6.64. The maximum Gasteiger partial charge on any atom is 0.331 e. The summed E-state index contributed by atoms with van der Waals surface area (Å²) in [6.45, 7) is 12.2. The van der Waals surface area contributed by atoms with Crippen LogP contribution < -0.4 is 10.0 Å². The summed E-state index contributed by atoms with van der Waals surface area (Å²) in [6, 6.07) is 5.56. The van der Waals surface area contributed by atoms with Crippen LogP contribution in [0.15, 0.2) is 30.5 Å². The molecule has 0 saturated carbocycles. The summed E-state index contributed by atoms with van der Waals surface area (Å²) in [5.74, 6) is -0.421. The van der Waals surface area contributed by atoms with Gasteiger partial charge in [-0.3, -0.25) is 9.71 Å². The fourth-order valence-electron chi connectivity index (χ4n) is 3.53. The van der Waals surface area contributed by atoms with Crippen LogP contribution in [0.5, 0.6) is 0 Å². The second kappa shape index (κ2) is 11.4. The number of hydrogen-bond donors (Lipinski definition) is 3. The quantitative estimate of drug-likeness (QED) is 0.455. The van der Waals surface area contributed by atoms with Crippen molar-refractivity contribution in [3.05, 3.63) is 47.5 Å². The van der Waals surface area contributed by atoms with Crippen molar-refractivity contribution in [2.75, 3.05) is 30.7 Å². The highest BCUT2D eigenvalue weighted by molar-refractivity contribution is 7.91. The van der Waals surface area contributed by atoms with E-state index in [4.69, 9.17) is 4.78 Å². The molecule has 0 saturated heterocycles. The zero-order chi connectivity index (χ0) is 23.9. The van der Waals surface area contributed by atoms with E-state index in [1.54, 1.807) is 12.3 Å². The third kappa shape index (κ3) is 7.27. The van der Waals surface area contributed by atoms with Crippen LogP contribution >= 0.6 is 0 Å². The molecule has 176 valence electrons. The first-order valence-corrected chi connectivity index (χ1v) is 12.6. The number of nitrogens with zero attached hydrogens (tertiary/aromatic N) is 2. The summed E-state index contributed by atoms with van der Waals surface area (Å²) in [6.07, 6.45) is 2.17. The minimum Gasteiger partial charge on any atom is -0.306 e. The Morgan fingerprint density at radius 2 is 1.94 bits per heavy atom. The molecule has 2 rings (SSSR count). The van der Waals surface area contributed by atoms with E-state index in [2.05, 4.69) is 19.9 Å². The van der Waals surface area contributed by atoms with Crippen LogP contribution in [0.1, 0.15) is 51.3 Å². The van der Waals surface area contributed by atoms with Gasteiger partial charge in [0.15, 0.2) is 0 Å². The number of benzene rings is 1. The van der Waals surface area contributed by atoms with Crippen LogP contribution in [0.2, 0.25) is 0 Å². The molecule has 1 aromatic carbocycles. The number of anilines is 1. The number of hydrogen-bond acceptors (Lipinski definition) is 5. The van der Waals surface area contributed by atoms with E-state index in [9.17, 15) is 13.4 Å². The van der Waals surface area contributed by atoms with Crippen LogP contribution in [-0.4, -0.2) is 45.5 Å². The second-order valence-electron chi connectivity index (χ2n) is 8.07. The fraction of sp³-hybridized carbons (Fsp3) is 0.478. The Hall–Kier alpha value is -2.52. The SMILES string of the molecule is CCN(CC)CCCS(=N)(=O)NC(=O)Nc1c(-c2ccnc(C)c2)cc(F)cc1C(C)C. The van der Waals surface area contributed by atoms with Crippen molar-refractivity contribution in [3.8, 4) is 11.1 Å². The summed E-state index contributed by atoms with van der Waals surface area (Å²) >= 11 is 0. The van der Waals surface area contributed by atoms with Crippen molar-refractivity contribution in [1.29, 1.82) is 4.78 Å². The number of pyridine rings is 1. The molecule has 0 spiro atoms. The van der Waals surface area contributed by atoms with E-state index in [1.165, 1.54) is 12.1 Å². The van der Waals surface area contributed by atoms with Gasteiger partial charge in [-0.15, -0.1) is 0 Å². The number of halogens is 1. The summed E-state index contributed by atoms with van der Waals surface area (Å²) < 4.78 is 37.4. The molecule has 9 heteroatoms. The van der Waals surface area contributed by atoms with Crippen molar-refractivity contribution >= 4 is 21.6 Å². The van der Waals surface area contributed by atoms with Crippen LogP contribution in [-0.2, 0) is 9.92 Å². The lowest BCUT2D eigenvalue weighted by Gasteiger charge is -2.20. The molecule has 0 aliphatic rings. The average Bonchev–Trinajstić information content (AvgIpc) is 2.71. The van der Waals surface area contributed by atoms with E-state index < -0.39 is 21.8 Å². The fourth-order valence-corrected chi connectivity index (χ4v) is 4.52. The average molecular weight is 464 g/mol. The molecule has 0 aliphatic carbocycles. The Labute approximate surface area is 190 Å². The van der Waals surface area contributed by atoms with E-state index >= 15 is 0 Å². The standard InChI is InChI=1S/C23H34FN5O2S/c1-6-29(7-2)11-8-12-32(25,31)28-23(30)27-22-20(16(3)4)14-19(24)15-21(22)18-9-10-26-17(5)13-18/h9-10,13-16H,6-8,11-12H2,1-5H3,(H3,25,27,28,30,31). The molecule has 0 aliphatic heterocycles. The lowest BCUT2D eigenvalue weighted by molar-refractivity contribution is 0.256. The number of rotatable bonds is 10. The molecule has 1 unspecified atom stereocenters. The first kappa shape index (κ1) is 25.7. The lowest BCUT2D eigenvalue weighted by Crippen LogP contribution is -2.36. The highest BCUT2D eigenvalue weighted by Crippen LogP contribution is 2.36. The van der Waals surface area contributed by atoms with Gasteiger partial charge in [-0.05, 0) is 74.3 Å². The number of aryl methyl sites for hydroxylation is 1. The van der Waals surface area contributed by atoms with Gasteiger partial charge in [0, 0.05) is 17.5 Å². The largest absolute Gasteiger partial charge is 0.331 e. The van der Waals surface area contributed by atoms with Gasteiger partial charge < -0.3 is 10.2 Å². The van der Waals surface area contributed by atoms with Crippen molar-refractivity contribution in [2.45, 2.75) is 47.0 Å². The predicted molar refractivity (Wildman–Crippen MR) is 129 cm³/mol. The lowest BCUT2D eigenvalue weighted by atomic mass is 9.94. The van der Waals surface area contributed by atoms with Gasteiger partial charge in [0.2, 0.25) is 0 Å². The number of carbonyl (C=O) groups excluding carboxylic acids is 1. The van der Waals surface area contributed by atoms with Gasteiger partial charge in [0.05, 0.1) is 11.4 Å². The molecule has 2 aromatic rings. The zero-order valence-corrected chi connectivity index (χ0v) is 20.3. The van der Waals surface area contributed by atoms with Crippen LogP contribution in [0, 0.1) is 17.5 Å². The van der Waals surface area contributed by atoms with Crippen molar-refractivity contribution in [3.63, 3.8) is 0 Å². The van der Waals surface area contributed by atoms with Crippen molar-refractivity contribution in [1.82, 2.24) is 14.6 Å². The van der Waals surface area contributed by atoms with Crippen LogP contribution in [0.4, 0.5) is 14.9 Å². The number of aromatic nitrogens is 1. The molecular weight excluding hydrogens is 429 g/mol. The first-order valence-electron chi connectivity index (χ1n) is 10.9. The van der Waals surface area contributed by atoms with Crippen LogP contribution in [0.3, 0.4) is 0 Å². The maximum absolute atomic E-state index is 14.4. The van der Waals surface area contributed by atoms with Crippen LogP contribution in [0.25, 0.3) is 11.1 Å². The van der Waals surface area contributed by atoms with E-state index in [1.807, 2.05) is 40.7 Å². The molecule has 1 heterocycles. The van der Waals surface area contributed by atoms with Crippen molar-refractivity contribution in [2.24, 2.45) is 0 Å². The van der Waals surface area contributed by atoms with E-state index in [0.717, 1.165) is 18.8 Å². The highest BCUT2D eigenvalue weighted by atomic mass is 32.2. The van der Waals surface area contributed by atoms with Gasteiger partial charge in [-0.1, -0.05) is 27.7 Å². The molecule has 0 radical (unpaired) electrons. The molecule has 2 amide bonds. The molecule has 1 aromatic heterocycles. The Balaban J connectivity index is 2.26. The van der Waals surface area contributed by atoms with Gasteiger partial charge >= 0.3 is 6.03 Å². The Morgan fingerprint density at radius 1 is 1.25 bits per heavy atom. The third-order valence-electron chi connectivity index (χ3n) is 5.26. The molecule has 7 nitrogen and oxygen atoms in total. The normalized spacial score (nSPS) is 13.2. The molecule has 1 atom stereocenters. The summed E-state index contributed by atoms with van der Waals surface area (Å²) in [5, 5.41) is 2.74.